The van der Waals surface area contributed by atoms with E-state index >= 15 is 0 Å². The first-order valence-electron chi connectivity index (χ1n) is 15.7. The molecule has 0 spiro atoms. The van der Waals surface area contributed by atoms with Gasteiger partial charge in [0, 0.05) is 13.8 Å². The number of likely N-dealkylation sites (N-methyl/N-ethyl adjacent to an activating group) is 2. The number of hydrogen-bond acceptors (Lipinski definition) is 18. The van der Waals surface area contributed by atoms with Crippen LogP contribution in [0.2, 0.25) is 0 Å². The molecule has 328 valence electrons. The fourth-order valence-corrected chi connectivity index (χ4v) is 3.70. The zero-order valence-electron chi connectivity index (χ0n) is 32.5. The zero-order chi connectivity index (χ0) is 45.6. The van der Waals surface area contributed by atoms with E-state index in [9.17, 15) is 38.4 Å². The van der Waals surface area contributed by atoms with Gasteiger partial charge in [0.15, 0.2) is 36.6 Å². The summed E-state index contributed by atoms with van der Waals surface area (Å²) in [6.45, 7) is 3.55. The van der Waals surface area contributed by atoms with Gasteiger partial charge in [-0.3, -0.25) is 19.2 Å². The standard InChI is InChI=1S/2C9H17NO4.2C6H10O8.Zn/c2*1-7(11)14-8(5-9(12)13)6-10(2,3)4;2*7-1(3(9)5(11)12)2(8)4(10)6(13)14;/h2*8H,5-6H2,1-4H3;2*1-4,7-10H,(H,11,12)(H,13,14);/q;;;;+2/p+2/t2*8-;2*1-,2+,3+,4-;/m11.../s1. The quantitative estimate of drug-likeness (QED) is 0.0307. The molecule has 0 aliphatic carbocycles. The summed E-state index contributed by atoms with van der Waals surface area (Å²) in [6, 6.07) is 0. The number of aliphatic carboxylic acids is 6. The largest absolute Gasteiger partial charge is 2.00 e. The summed E-state index contributed by atoms with van der Waals surface area (Å²) in [5.74, 6) is -10.1. The first-order valence-corrected chi connectivity index (χ1v) is 15.7. The maximum atomic E-state index is 10.7. The molecule has 27 heteroatoms. The van der Waals surface area contributed by atoms with Gasteiger partial charge in [-0.25, -0.2) is 19.2 Å². The third-order valence-electron chi connectivity index (χ3n) is 5.98. The first kappa shape index (κ1) is 62.2. The number of carboxylic acids is 6. The second kappa shape index (κ2) is 29.2. The van der Waals surface area contributed by atoms with Gasteiger partial charge in [0.05, 0.1) is 55.1 Å². The van der Waals surface area contributed by atoms with Crippen molar-refractivity contribution >= 4 is 47.8 Å². The molecule has 0 radical (unpaired) electrons. The average Bonchev–Trinajstić information content (AvgIpc) is 2.99. The van der Waals surface area contributed by atoms with E-state index < -0.39 is 109 Å². The molecular weight excluding hydrogens is 838 g/mol. The second-order valence-corrected chi connectivity index (χ2v) is 13.7. The van der Waals surface area contributed by atoms with Crippen LogP contribution in [-0.2, 0) is 67.3 Å². The first-order chi connectivity index (χ1) is 25.0. The minimum Gasteiger partial charge on any atom is -0.481 e. The molecule has 0 fully saturated rings. The van der Waals surface area contributed by atoms with Gasteiger partial charge in [0.1, 0.15) is 37.5 Å². The van der Waals surface area contributed by atoms with Crippen molar-refractivity contribution in [2.75, 3.05) is 55.4 Å². The maximum absolute atomic E-state index is 10.7. The molecule has 0 aliphatic rings. The Morgan fingerprint density at radius 2 is 0.596 bits per heavy atom. The number of rotatable bonds is 20. The van der Waals surface area contributed by atoms with E-state index in [-0.39, 0.29) is 32.3 Å². The van der Waals surface area contributed by atoms with Crippen molar-refractivity contribution in [3.63, 3.8) is 0 Å². The van der Waals surface area contributed by atoms with Crippen molar-refractivity contribution in [1.29, 1.82) is 0 Å². The molecule has 0 saturated heterocycles. The van der Waals surface area contributed by atoms with Crippen molar-refractivity contribution < 1.29 is 148 Å². The number of hydrogen-bond donors (Lipinski definition) is 14. The van der Waals surface area contributed by atoms with Crippen LogP contribution in [-0.4, -0.2) is 245 Å². The van der Waals surface area contributed by atoms with Gasteiger partial charge in [-0.15, -0.1) is 0 Å². The SMILES string of the molecule is CC(=O)O[C@H](CC(=O)O)C[N+](C)(C)C.CC(=O)O[C@H](CC(=O)O)C[N+](C)(C)C.O=C(O)[C@@H](O)[C@H](O)[C@H](O)[C@@H](O)C(=O)O.O=C(O)[C@@H](O)[C@H](O)[C@H](O)[C@@H](O)C(=O)O.[Zn+2]. The predicted octanol–water partition coefficient (Wildman–Crippen LogP) is -6.61. The third-order valence-corrected chi connectivity index (χ3v) is 5.98. The molecule has 0 aromatic heterocycles. The molecule has 57 heavy (non-hydrogen) atoms. The Balaban J connectivity index is -0.000000210. The van der Waals surface area contributed by atoms with Crippen LogP contribution >= 0.6 is 0 Å². The molecule has 0 heterocycles. The minimum atomic E-state index is -2.36. The number of carboxylic acid groups (broad SMARTS) is 6. The van der Waals surface area contributed by atoms with Gasteiger partial charge < -0.3 is 89.9 Å². The van der Waals surface area contributed by atoms with Crippen LogP contribution in [0.15, 0.2) is 0 Å². The van der Waals surface area contributed by atoms with Crippen molar-refractivity contribution in [2.45, 2.75) is 87.7 Å². The number of aliphatic hydroxyl groups excluding tert-OH is 8. The van der Waals surface area contributed by atoms with Crippen LogP contribution in [0.3, 0.4) is 0 Å². The molecule has 10 atom stereocenters. The summed E-state index contributed by atoms with van der Waals surface area (Å²) in [5, 5.41) is 120. The molecule has 0 aromatic rings. The summed E-state index contributed by atoms with van der Waals surface area (Å²) in [4.78, 5) is 82.7. The molecular formula is C30H56N2O24Zn+4. The van der Waals surface area contributed by atoms with Crippen molar-refractivity contribution in [1.82, 2.24) is 0 Å². The fourth-order valence-electron chi connectivity index (χ4n) is 3.70. The smallest absolute Gasteiger partial charge is 0.481 e. The molecule has 0 saturated carbocycles. The third kappa shape index (κ3) is 33.8. The van der Waals surface area contributed by atoms with E-state index in [4.69, 9.17) is 81.0 Å². The van der Waals surface area contributed by atoms with E-state index in [0.717, 1.165) is 0 Å². The Labute approximate surface area is 338 Å². The van der Waals surface area contributed by atoms with Crippen LogP contribution in [0, 0.1) is 0 Å². The molecule has 0 amide bonds. The van der Waals surface area contributed by atoms with E-state index in [2.05, 4.69) is 0 Å². The van der Waals surface area contributed by atoms with Crippen molar-refractivity contribution in [2.24, 2.45) is 0 Å². The summed E-state index contributed by atoms with van der Waals surface area (Å²) in [7, 11) is 11.5. The van der Waals surface area contributed by atoms with Crippen LogP contribution in [0.25, 0.3) is 0 Å². The fraction of sp³-hybridized carbons (Fsp3) is 0.733. The number of aliphatic hydroxyl groups is 8. The molecule has 0 aliphatic heterocycles. The Hall–Kier alpha value is -4.02. The van der Waals surface area contributed by atoms with Gasteiger partial charge in [-0.1, -0.05) is 0 Å². The minimum absolute atomic E-state index is 0. The van der Waals surface area contributed by atoms with E-state index in [1.165, 1.54) is 13.8 Å². The summed E-state index contributed by atoms with van der Waals surface area (Å²) in [5.41, 5.74) is 0. The number of esters is 2. The van der Waals surface area contributed by atoms with Gasteiger partial charge in [0.25, 0.3) is 0 Å². The molecule has 0 rings (SSSR count). The number of nitrogens with zero attached hydrogens (tertiary/aromatic N) is 2. The molecule has 14 N–H and O–H groups in total. The van der Waals surface area contributed by atoms with Gasteiger partial charge in [0.2, 0.25) is 0 Å². The number of ether oxygens (including phenoxy) is 2. The Bertz CT molecular complexity index is 1110. The van der Waals surface area contributed by atoms with E-state index in [0.29, 0.717) is 22.1 Å². The summed E-state index contributed by atoms with van der Waals surface area (Å²) >= 11 is 0. The topological polar surface area (TPSA) is 438 Å². The Kier molecular flexibility index (Phi) is 31.9. The van der Waals surface area contributed by atoms with Crippen LogP contribution < -0.4 is 0 Å². The summed E-state index contributed by atoms with van der Waals surface area (Å²) in [6.07, 6.45) is -20.0. The van der Waals surface area contributed by atoms with Crippen LogP contribution in [0.5, 0.6) is 0 Å². The van der Waals surface area contributed by atoms with Crippen molar-refractivity contribution in [3.05, 3.63) is 0 Å². The molecule has 0 unspecified atom stereocenters. The van der Waals surface area contributed by atoms with Crippen molar-refractivity contribution in [3.8, 4) is 0 Å². The zero-order valence-corrected chi connectivity index (χ0v) is 35.5. The van der Waals surface area contributed by atoms with E-state index in [1.807, 2.05) is 42.3 Å². The summed E-state index contributed by atoms with van der Waals surface area (Å²) < 4.78 is 10.9. The van der Waals surface area contributed by atoms with E-state index in [1.54, 1.807) is 0 Å². The predicted molar refractivity (Wildman–Crippen MR) is 180 cm³/mol. The Morgan fingerprint density at radius 3 is 0.702 bits per heavy atom. The number of carbonyl (C=O) groups excluding carboxylic acids is 2. The average molecular weight is 894 g/mol. The van der Waals surface area contributed by atoms with Gasteiger partial charge in [-0.05, 0) is 0 Å². The van der Waals surface area contributed by atoms with Crippen LogP contribution in [0.4, 0.5) is 0 Å². The van der Waals surface area contributed by atoms with Crippen LogP contribution in [0.1, 0.15) is 26.7 Å². The number of quaternary nitrogens is 2. The van der Waals surface area contributed by atoms with Gasteiger partial charge >= 0.3 is 67.2 Å². The Morgan fingerprint density at radius 1 is 0.421 bits per heavy atom. The monoisotopic (exact) mass is 892 g/mol. The van der Waals surface area contributed by atoms with Gasteiger partial charge in [-0.2, -0.15) is 0 Å². The molecule has 0 bridgehead atoms. The normalized spacial score (nSPS) is 16.1. The second-order valence-electron chi connectivity index (χ2n) is 13.7. The molecule has 0 aromatic carbocycles. The number of carbonyl (C=O) groups is 8. The maximum Gasteiger partial charge on any atom is 2.00 e. The molecule has 26 nitrogen and oxygen atoms in total.